The van der Waals surface area contributed by atoms with Crippen LogP contribution in [0, 0.1) is 0 Å². The number of aromatic nitrogens is 2. The Morgan fingerprint density at radius 1 is 1.22 bits per heavy atom. The molecule has 4 rings (SSSR count). The molecule has 0 aliphatic carbocycles. The first-order valence-electron chi connectivity index (χ1n) is 7.40. The number of hydrogen-bond acceptors (Lipinski definition) is 4. The van der Waals surface area contributed by atoms with E-state index in [-0.39, 0.29) is 5.91 Å². The first kappa shape index (κ1) is 13.6. The molecular weight excluding hydrogens is 294 g/mol. The second-order valence-corrected chi connectivity index (χ2v) is 5.26. The number of nitrogens with one attached hydrogen (secondary N) is 2. The molecule has 6 heteroatoms. The normalized spacial score (nSPS) is 13.0. The van der Waals surface area contributed by atoms with E-state index in [1.165, 1.54) is 6.20 Å². The standard InChI is InChI=1S/C17H15N3O3/c21-17(14-7-15-16(10-19-14)23-6-5-22-15)20-9-11-8-18-13-4-2-1-3-12(11)13/h1-4,7-8,10,18H,5-6,9H2,(H,20,21). The molecule has 6 nitrogen and oxygen atoms in total. The highest BCUT2D eigenvalue weighted by Crippen LogP contribution is 2.29. The Hall–Kier alpha value is -3.02. The summed E-state index contributed by atoms with van der Waals surface area (Å²) in [5, 5.41) is 3.98. The monoisotopic (exact) mass is 309 g/mol. The van der Waals surface area contributed by atoms with E-state index in [4.69, 9.17) is 9.47 Å². The summed E-state index contributed by atoms with van der Waals surface area (Å²) in [5.41, 5.74) is 2.40. The van der Waals surface area contributed by atoms with Gasteiger partial charge in [-0.05, 0) is 11.6 Å². The number of aromatic amines is 1. The van der Waals surface area contributed by atoms with Crippen LogP contribution in [-0.4, -0.2) is 29.1 Å². The molecule has 2 aromatic heterocycles. The number of benzene rings is 1. The van der Waals surface area contributed by atoms with Gasteiger partial charge < -0.3 is 19.8 Å². The lowest BCUT2D eigenvalue weighted by molar-refractivity contribution is 0.0944. The van der Waals surface area contributed by atoms with E-state index in [1.807, 2.05) is 30.5 Å². The second-order valence-electron chi connectivity index (χ2n) is 5.26. The summed E-state index contributed by atoms with van der Waals surface area (Å²) in [7, 11) is 0. The molecule has 1 aliphatic rings. The van der Waals surface area contributed by atoms with E-state index in [0.717, 1.165) is 16.5 Å². The third-order valence-electron chi connectivity index (χ3n) is 3.78. The first-order valence-corrected chi connectivity index (χ1v) is 7.40. The third-order valence-corrected chi connectivity index (χ3v) is 3.78. The average Bonchev–Trinajstić information content (AvgIpc) is 3.02. The van der Waals surface area contributed by atoms with Crippen LogP contribution in [0.15, 0.2) is 42.7 Å². The molecule has 3 heterocycles. The molecule has 1 aromatic carbocycles. The van der Waals surface area contributed by atoms with Gasteiger partial charge in [0.05, 0.1) is 6.20 Å². The number of hydrogen-bond donors (Lipinski definition) is 2. The molecular formula is C17H15N3O3. The number of carbonyl (C=O) groups is 1. The molecule has 0 fully saturated rings. The Morgan fingerprint density at radius 3 is 2.96 bits per heavy atom. The fourth-order valence-electron chi connectivity index (χ4n) is 2.62. The van der Waals surface area contributed by atoms with Gasteiger partial charge in [-0.15, -0.1) is 0 Å². The molecule has 1 aliphatic heterocycles. The van der Waals surface area contributed by atoms with Crippen molar-refractivity contribution in [3.8, 4) is 11.5 Å². The van der Waals surface area contributed by atoms with Gasteiger partial charge in [0, 0.05) is 29.7 Å². The quantitative estimate of drug-likeness (QED) is 0.778. The van der Waals surface area contributed by atoms with Gasteiger partial charge in [-0.2, -0.15) is 0 Å². The maximum Gasteiger partial charge on any atom is 0.270 e. The molecule has 1 amide bonds. The maximum atomic E-state index is 12.3. The Balaban J connectivity index is 1.50. The number of amides is 1. The van der Waals surface area contributed by atoms with Gasteiger partial charge in [0.1, 0.15) is 18.9 Å². The minimum Gasteiger partial charge on any atom is -0.486 e. The molecule has 0 bridgehead atoms. The maximum absolute atomic E-state index is 12.3. The summed E-state index contributed by atoms with van der Waals surface area (Å²) in [6.07, 6.45) is 3.43. The van der Waals surface area contributed by atoms with E-state index in [9.17, 15) is 4.79 Å². The predicted octanol–water partition coefficient (Wildman–Crippen LogP) is 2.26. The second kappa shape index (κ2) is 5.64. The van der Waals surface area contributed by atoms with Crippen LogP contribution in [0.5, 0.6) is 11.5 Å². The number of rotatable bonds is 3. The zero-order valence-electron chi connectivity index (χ0n) is 12.3. The first-order chi connectivity index (χ1) is 11.3. The van der Waals surface area contributed by atoms with Crippen LogP contribution in [0.25, 0.3) is 10.9 Å². The van der Waals surface area contributed by atoms with Crippen molar-refractivity contribution in [2.75, 3.05) is 13.2 Å². The van der Waals surface area contributed by atoms with Crippen molar-refractivity contribution in [1.29, 1.82) is 0 Å². The number of para-hydroxylation sites is 1. The highest BCUT2D eigenvalue weighted by atomic mass is 16.6. The van der Waals surface area contributed by atoms with Crippen molar-refractivity contribution in [1.82, 2.24) is 15.3 Å². The Kier molecular flexibility index (Phi) is 3.34. The van der Waals surface area contributed by atoms with Crippen LogP contribution in [-0.2, 0) is 6.54 Å². The number of ether oxygens (including phenoxy) is 2. The van der Waals surface area contributed by atoms with Crippen LogP contribution < -0.4 is 14.8 Å². The summed E-state index contributed by atoms with van der Waals surface area (Å²) < 4.78 is 10.9. The molecule has 116 valence electrons. The average molecular weight is 309 g/mol. The lowest BCUT2D eigenvalue weighted by Gasteiger charge is -2.18. The van der Waals surface area contributed by atoms with E-state index < -0.39 is 0 Å². The van der Waals surface area contributed by atoms with Crippen LogP contribution in [0.3, 0.4) is 0 Å². The van der Waals surface area contributed by atoms with Gasteiger partial charge in [0.25, 0.3) is 5.91 Å². The van der Waals surface area contributed by atoms with Crippen molar-refractivity contribution in [3.05, 3.63) is 54.0 Å². The van der Waals surface area contributed by atoms with Gasteiger partial charge >= 0.3 is 0 Å². The molecule has 0 spiro atoms. The van der Waals surface area contributed by atoms with Gasteiger partial charge in [0.15, 0.2) is 11.5 Å². The minimum atomic E-state index is -0.243. The highest BCUT2D eigenvalue weighted by molar-refractivity contribution is 5.93. The van der Waals surface area contributed by atoms with Crippen molar-refractivity contribution in [2.24, 2.45) is 0 Å². The highest BCUT2D eigenvalue weighted by Gasteiger charge is 2.16. The number of fused-ring (bicyclic) bond motifs is 2. The Bertz CT molecular complexity index is 872. The van der Waals surface area contributed by atoms with E-state index in [2.05, 4.69) is 15.3 Å². The number of carbonyl (C=O) groups excluding carboxylic acids is 1. The van der Waals surface area contributed by atoms with E-state index in [0.29, 0.717) is 37.0 Å². The molecule has 0 atom stereocenters. The number of nitrogens with zero attached hydrogens (tertiary/aromatic N) is 1. The summed E-state index contributed by atoms with van der Waals surface area (Å²) in [5.74, 6) is 0.889. The van der Waals surface area contributed by atoms with Crippen molar-refractivity contribution in [3.63, 3.8) is 0 Å². The van der Waals surface area contributed by atoms with Gasteiger partial charge in [-0.3, -0.25) is 4.79 Å². The Labute approximate surface area is 132 Å². The zero-order valence-corrected chi connectivity index (χ0v) is 12.3. The molecule has 0 radical (unpaired) electrons. The van der Waals surface area contributed by atoms with Crippen LogP contribution >= 0.6 is 0 Å². The van der Waals surface area contributed by atoms with Crippen LogP contribution in [0.4, 0.5) is 0 Å². The lowest BCUT2D eigenvalue weighted by atomic mass is 10.2. The fourth-order valence-corrected chi connectivity index (χ4v) is 2.62. The molecule has 23 heavy (non-hydrogen) atoms. The molecule has 0 saturated carbocycles. The van der Waals surface area contributed by atoms with Crippen molar-refractivity contribution < 1.29 is 14.3 Å². The summed E-state index contributed by atoms with van der Waals surface area (Å²) in [6.45, 7) is 1.41. The van der Waals surface area contributed by atoms with E-state index >= 15 is 0 Å². The predicted molar refractivity (Wildman–Crippen MR) is 84.7 cm³/mol. The topological polar surface area (TPSA) is 76.2 Å². The summed E-state index contributed by atoms with van der Waals surface area (Å²) in [6, 6.07) is 9.59. The molecule has 0 saturated heterocycles. The van der Waals surface area contributed by atoms with Gasteiger partial charge in [-0.1, -0.05) is 18.2 Å². The third kappa shape index (κ3) is 2.59. The lowest BCUT2D eigenvalue weighted by Crippen LogP contribution is -2.24. The fraction of sp³-hybridized carbons (Fsp3) is 0.176. The summed E-state index contributed by atoms with van der Waals surface area (Å²) >= 11 is 0. The van der Waals surface area contributed by atoms with Crippen molar-refractivity contribution >= 4 is 16.8 Å². The van der Waals surface area contributed by atoms with Gasteiger partial charge in [0.2, 0.25) is 0 Å². The molecule has 2 N–H and O–H groups in total. The largest absolute Gasteiger partial charge is 0.486 e. The zero-order chi connectivity index (χ0) is 15.6. The molecule has 3 aromatic rings. The minimum absolute atomic E-state index is 0.243. The summed E-state index contributed by atoms with van der Waals surface area (Å²) in [4.78, 5) is 19.6. The van der Waals surface area contributed by atoms with E-state index in [1.54, 1.807) is 6.07 Å². The number of H-pyrrole nitrogens is 1. The van der Waals surface area contributed by atoms with Crippen LogP contribution in [0.2, 0.25) is 0 Å². The van der Waals surface area contributed by atoms with Crippen LogP contribution in [0.1, 0.15) is 16.1 Å². The van der Waals surface area contributed by atoms with Gasteiger partial charge in [-0.25, -0.2) is 4.98 Å². The Morgan fingerprint density at radius 2 is 2.04 bits per heavy atom. The smallest absolute Gasteiger partial charge is 0.270 e. The molecule has 0 unspecified atom stereocenters. The SMILES string of the molecule is O=C(NCc1c[nH]c2ccccc12)c1cc2c(cn1)OCCO2. The number of pyridine rings is 1. The van der Waals surface area contributed by atoms with Crippen molar-refractivity contribution in [2.45, 2.75) is 6.54 Å².